The van der Waals surface area contributed by atoms with Gasteiger partial charge < -0.3 is 0 Å². The van der Waals surface area contributed by atoms with Crippen LogP contribution in [0.2, 0.25) is 0 Å². The molecule has 0 aromatic heterocycles. The Morgan fingerprint density at radius 3 is 2.29 bits per heavy atom. The molecule has 102 valence electrons. The van der Waals surface area contributed by atoms with E-state index in [2.05, 4.69) is 46.3 Å². The Bertz CT molecular complexity index is 775. The summed E-state index contributed by atoms with van der Waals surface area (Å²) in [5, 5.41) is 0. The SMILES string of the molecule is O=Cc1cc(Br)c2c(/C=C/c3ccccc3)ccccc1-2. The molecule has 21 heavy (non-hydrogen) atoms. The van der Waals surface area contributed by atoms with E-state index in [4.69, 9.17) is 0 Å². The second-order valence-corrected chi connectivity index (χ2v) is 5.63. The highest BCUT2D eigenvalue weighted by Crippen LogP contribution is 2.38. The number of carbonyl (C=O) groups excluding carboxylic acids is 1. The molecule has 1 aromatic rings. The first-order valence-electron chi connectivity index (χ1n) is 6.69. The van der Waals surface area contributed by atoms with Gasteiger partial charge in [-0.25, -0.2) is 0 Å². The van der Waals surface area contributed by atoms with E-state index >= 15 is 0 Å². The maximum Gasteiger partial charge on any atom is 0.150 e. The van der Waals surface area contributed by atoms with Crippen molar-refractivity contribution in [3.05, 3.63) is 81.8 Å². The predicted molar refractivity (Wildman–Crippen MR) is 91.5 cm³/mol. The minimum Gasteiger partial charge on any atom is -0.298 e. The molecule has 0 bridgehead atoms. The van der Waals surface area contributed by atoms with Crippen LogP contribution in [0.3, 0.4) is 0 Å². The van der Waals surface area contributed by atoms with Crippen LogP contribution in [-0.4, -0.2) is 6.29 Å². The van der Waals surface area contributed by atoms with Crippen molar-refractivity contribution in [2.75, 3.05) is 0 Å². The molecule has 0 heterocycles. The van der Waals surface area contributed by atoms with Crippen LogP contribution >= 0.6 is 15.9 Å². The number of carbonyl (C=O) groups is 1. The first-order chi connectivity index (χ1) is 10.3. The van der Waals surface area contributed by atoms with E-state index in [1.165, 1.54) is 0 Å². The lowest BCUT2D eigenvalue weighted by molar-refractivity contribution is 0.112. The minimum absolute atomic E-state index is 0.711. The van der Waals surface area contributed by atoms with Gasteiger partial charge in [0.2, 0.25) is 0 Å². The highest BCUT2D eigenvalue weighted by Gasteiger charge is 2.15. The Kier molecular flexibility index (Phi) is 3.98. The second kappa shape index (κ2) is 6.06. The number of fused-ring (bicyclic) bond motifs is 1. The first kappa shape index (κ1) is 13.8. The number of halogens is 1. The third-order valence-electron chi connectivity index (χ3n) is 3.42. The number of rotatable bonds is 3. The molecule has 0 spiro atoms. The van der Waals surface area contributed by atoms with Crippen LogP contribution in [0.25, 0.3) is 23.3 Å². The van der Waals surface area contributed by atoms with E-state index in [1.54, 1.807) is 0 Å². The van der Waals surface area contributed by atoms with Crippen LogP contribution in [0.5, 0.6) is 0 Å². The largest absolute Gasteiger partial charge is 0.298 e. The van der Waals surface area contributed by atoms with Gasteiger partial charge >= 0.3 is 0 Å². The van der Waals surface area contributed by atoms with Gasteiger partial charge in [-0.15, -0.1) is 0 Å². The van der Waals surface area contributed by atoms with E-state index in [0.29, 0.717) is 5.56 Å². The van der Waals surface area contributed by atoms with Gasteiger partial charge in [0.1, 0.15) is 0 Å². The van der Waals surface area contributed by atoms with Crippen molar-refractivity contribution in [3.63, 3.8) is 0 Å². The molecule has 2 aliphatic rings. The van der Waals surface area contributed by atoms with E-state index in [9.17, 15) is 4.79 Å². The molecular weight excluding hydrogens is 324 g/mol. The Morgan fingerprint density at radius 1 is 0.810 bits per heavy atom. The molecule has 0 radical (unpaired) electrons. The van der Waals surface area contributed by atoms with Crippen LogP contribution in [0.4, 0.5) is 0 Å². The summed E-state index contributed by atoms with van der Waals surface area (Å²) in [5.41, 5.74) is 4.97. The van der Waals surface area contributed by atoms with Gasteiger partial charge in [-0.2, -0.15) is 0 Å². The quantitative estimate of drug-likeness (QED) is 0.574. The zero-order valence-electron chi connectivity index (χ0n) is 11.3. The summed E-state index contributed by atoms with van der Waals surface area (Å²) < 4.78 is 0.948. The van der Waals surface area contributed by atoms with Crippen molar-refractivity contribution in [3.8, 4) is 11.1 Å². The van der Waals surface area contributed by atoms with Crippen LogP contribution < -0.4 is 0 Å². The topological polar surface area (TPSA) is 17.1 Å². The molecular formula is C19H13BrO. The summed E-state index contributed by atoms with van der Waals surface area (Å²) in [6.45, 7) is 0. The van der Waals surface area contributed by atoms with E-state index in [0.717, 1.165) is 33.0 Å². The lowest BCUT2D eigenvalue weighted by Gasteiger charge is -2.01. The summed E-state index contributed by atoms with van der Waals surface area (Å²) >= 11 is 3.56. The molecule has 0 saturated carbocycles. The van der Waals surface area contributed by atoms with Gasteiger partial charge in [0.15, 0.2) is 6.29 Å². The average Bonchev–Trinajstić information content (AvgIpc) is 2.71. The molecule has 2 aliphatic carbocycles. The van der Waals surface area contributed by atoms with Crippen molar-refractivity contribution in [2.45, 2.75) is 0 Å². The third-order valence-corrected chi connectivity index (χ3v) is 4.05. The number of hydrogen-bond donors (Lipinski definition) is 0. The molecule has 1 nitrogen and oxygen atoms in total. The van der Waals surface area contributed by atoms with Crippen molar-refractivity contribution < 1.29 is 4.79 Å². The summed E-state index contributed by atoms with van der Waals surface area (Å²) in [6, 6.07) is 20.0. The molecule has 0 fully saturated rings. The predicted octanol–water partition coefficient (Wildman–Crippen LogP) is 5.54. The van der Waals surface area contributed by atoms with Gasteiger partial charge in [-0.05, 0) is 22.8 Å². The lowest BCUT2D eigenvalue weighted by atomic mass is 10.0. The summed E-state index contributed by atoms with van der Waals surface area (Å²) in [6.07, 6.45) is 5.06. The van der Waals surface area contributed by atoms with E-state index in [1.807, 2.05) is 42.5 Å². The molecule has 0 saturated heterocycles. The van der Waals surface area contributed by atoms with E-state index < -0.39 is 0 Å². The molecule has 3 rings (SSSR count). The van der Waals surface area contributed by atoms with Crippen LogP contribution in [-0.2, 0) is 0 Å². The fourth-order valence-electron chi connectivity index (χ4n) is 2.41. The monoisotopic (exact) mass is 336 g/mol. The fourth-order valence-corrected chi connectivity index (χ4v) is 3.10. The minimum atomic E-state index is 0.711. The maximum absolute atomic E-state index is 11.2. The van der Waals surface area contributed by atoms with Crippen molar-refractivity contribution in [1.29, 1.82) is 0 Å². The lowest BCUT2D eigenvalue weighted by Crippen LogP contribution is -1.80. The number of hydrogen-bond acceptors (Lipinski definition) is 1. The smallest absolute Gasteiger partial charge is 0.150 e. The summed E-state index contributed by atoms with van der Waals surface area (Å²) in [7, 11) is 0. The number of benzene rings is 1. The van der Waals surface area contributed by atoms with Crippen molar-refractivity contribution in [1.82, 2.24) is 0 Å². The summed E-state index contributed by atoms with van der Waals surface area (Å²) in [5.74, 6) is 0. The molecule has 2 heteroatoms. The standard InChI is InChI=1S/C19H13BrO/c20-18-12-16(13-21)17-9-5-4-8-15(19(17)18)11-10-14-6-2-1-3-7-14/h1-13H/b11-10+. The molecule has 0 atom stereocenters. The Hall–Kier alpha value is -2.19. The zero-order chi connectivity index (χ0) is 14.7. The molecule has 1 aromatic carbocycles. The highest BCUT2D eigenvalue weighted by molar-refractivity contribution is 9.10. The van der Waals surface area contributed by atoms with Crippen molar-refractivity contribution >= 4 is 34.4 Å². The van der Waals surface area contributed by atoms with Gasteiger partial charge in [0, 0.05) is 15.6 Å². The second-order valence-electron chi connectivity index (χ2n) is 4.77. The van der Waals surface area contributed by atoms with Crippen LogP contribution in [0.1, 0.15) is 21.5 Å². The molecule has 0 aliphatic heterocycles. The Balaban J connectivity index is 2.10. The van der Waals surface area contributed by atoms with Gasteiger partial charge in [0.05, 0.1) is 0 Å². The fraction of sp³-hybridized carbons (Fsp3) is 0. The van der Waals surface area contributed by atoms with Gasteiger partial charge in [-0.3, -0.25) is 4.79 Å². The van der Waals surface area contributed by atoms with E-state index in [-0.39, 0.29) is 0 Å². The zero-order valence-corrected chi connectivity index (χ0v) is 12.9. The van der Waals surface area contributed by atoms with Crippen LogP contribution in [0, 0.1) is 0 Å². The molecule has 0 unspecified atom stereocenters. The third kappa shape index (κ3) is 2.81. The normalized spacial score (nSPS) is 11.1. The number of aldehydes is 1. The Labute approximate surface area is 132 Å². The molecule has 0 amide bonds. The average molecular weight is 337 g/mol. The van der Waals surface area contributed by atoms with Crippen LogP contribution in [0.15, 0.2) is 65.1 Å². The molecule has 0 N–H and O–H groups in total. The first-order valence-corrected chi connectivity index (χ1v) is 7.48. The highest BCUT2D eigenvalue weighted by atomic mass is 79.9. The van der Waals surface area contributed by atoms with Gasteiger partial charge in [-0.1, -0.05) is 82.7 Å². The van der Waals surface area contributed by atoms with Gasteiger partial charge in [0.25, 0.3) is 0 Å². The van der Waals surface area contributed by atoms with Crippen molar-refractivity contribution in [2.24, 2.45) is 0 Å². The Morgan fingerprint density at radius 2 is 1.52 bits per heavy atom. The summed E-state index contributed by atoms with van der Waals surface area (Å²) in [4.78, 5) is 11.2. The maximum atomic E-state index is 11.2.